The highest BCUT2D eigenvalue weighted by molar-refractivity contribution is 5.81. The Kier molecular flexibility index (Phi) is 9.76. The molecule has 1 heterocycles. The summed E-state index contributed by atoms with van der Waals surface area (Å²) >= 11 is 0. The number of ketones is 1. The van der Waals surface area contributed by atoms with Crippen LogP contribution in [0.5, 0.6) is 0 Å². The molecule has 0 N–H and O–H groups in total. The fourth-order valence-electron chi connectivity index (χ4n) is 3.45. The van der Waals surface area contributed by atoms with E-state index in [1.54, 1.807) is 0 Å². The minimum atomic E-state index is -0.457. The third kappa shape index (κ3) is 8.02. The number of hydrogen-bond donors (Lipinski definition) is 0. The zero-order valence-corrected chi connectivity index (χ0v) is 16.3. The van der Waals surface area contributed by atoms with Crippen molar-refractivity contribution < 1.29 is 19.1 Å². The Balaban J connectivity index is 2.47. The lowest BCUT2D eigenvalue weighted by Gasteiger charge is -2.41. The molecule has 0 radical (unpaired) electrons. The number of hydrogen-bond acceptors (Lipinski definition) is 4. The van der Waals surface area contributed by atoms with Crippen LogP contribution in [-0.2, 0) is 19.1 Å². The van der Waals surface area contributed by atoms with Crippen molar-refractivity contribution in [3.63, 3.8) is 0 Å². The van der Waals surface area contributed by atoms with Crippen LogP contribution >= 0.6 is 0 Å². The molecule has 0 aromatic carbocycles. The molecular weight excluding hydrogens is 318 g/mol. The van der Waals surface area contributed by atoms with Gasteiger partial charge in [0.1, 0.15) is 11.4 Å². The third-order valence-electron chi connectivity index (χ3n) is 4.99. The van der Waals surface area contributed by atoms with Gasteiger partial charge in [0, 0.05) is 38.8 Å². The van der Waals surface area contributed by atoms with Gasteiger partial charge in [0.25, 0.3) is 0 Å². The summed E-state index contributed by atoms with van der Waals surface area (Å²) in [4.78, 5) is 37.3. The number of carbonyl (C=O) groups excluding carboxylic acids is 3. The first kappa shape index (κ1) is 21.7. The number of amides is 1. The normalized spacial score (nSPS) is 16.5. The second-order valence-corrected chi connectivity index (χ2v) is 7.30. The number of nitrogens with zero attached hydrogens (tertiary/aromatic N) is 1. The molecule has 0 bridgehead atoms. The summed E-state index contributed by atoms with van der Waals surface area (Å²) in [5.41, 5.74) is -0.457. The lowest BCUT2D eigenvalue weighted by Crippen LogP contribution is -2.48. The Morgan fingerprint density at radius 1 is 0.920 bits per heavy atom. The van der Waals surface area contributed by atoms with Crippen LogP contribution in [0.15, 0.2) is 0 Å². The number of ether oxygens (including phenoxy) is 1. The summed E-state index contributed by atoms with van der Waals surface area (Å²) < 4.78 is 5.78. The molecule has 25 heavy (non-hydrogen) atoms. The summed E-state index contributed by atoms with van der Waals surface area (Å²) in [6.07, 6.45) is 8.61. The molecule has 144 valence electrons. The van der Waals surface area contributed by atoms with Crippen LogP contribution < -0.4 is 0 Å². The molecule has 0 aromatic rings. The monoisotopic (exact) mass is 353 g/mol. The molecule has 5 nitrogen and oxygen atoms in total. The Bertz CT molecular complexity index is 439. The molecule has 0 unspecified atom stereocenters. The van der Waals surface area contributed by atoms with Gasteiger partial charge in [0.05, 0.1) is 6.42 Å². The van der Waals surface area contributed by atoms with Gasteiger partial charge in [-0.3, -0.25) is 9.59 Å². The molecule has 1 aliphatic heterocycles. The fraction of sp³-hybridized carbons (Fsp3) is 0.850. The van der Waals surface area contributed by atoms with E-state index in [9.17, 15) is 14.4 Å². The quantitative estimate of drug-likeness (QED) is 0.415. The highest BCUT2D eigenvalue weighted by Crippen LogP contribution is 2.32. The second-order valence-electron chi connectivity index (χ2n) is 7.30. The molecule has 1 rings (SSSR count). The lowest BCUT2D eigenvalue weighted by atomic mass is 9.86. The van der Waals surface area contributed by atoms with Gasteiger partial charge in [0.2, 0.25) is 5.91 Å². The Hall–Kier alpha value is -1.39. The van der Waals surface area contributed by atoms with Crippen molar-refractivity contribution in [2.24, 2.45) is 0 Å². The summed E-state index contributed by atoms with van der Waals surface area (Å²) in [5, 5.41) is 0. The first-order chi connectivity index (χ1) is 11.9. The topological polar surface area (TPSA) is 63.7 Å². The molecule has 0 saturated carbocycles. The molecule has 1 fully saturated rings. The van der Waals surface area contributed by atoms with Crippen molar-refractivity contribution in [1.29, 1.82) is 0 Å². The number of piperidine rings is 1. The minimum Gasteiger partial charge on any atom is -0.459 e. The average Bonchev–Trinajstić information content (AvgIpc) is 2.57. The molecule has 0 aromatic heterocycles. The number of Topliss-reactive ketones (excluding diaryl/α,β-unsaturated/α-hetero) is 1. The maximum Gasteiger partial charge on any atom is 0.306 e. The largest absolute Gasteiger partial charge is 0.459 e. The van der Waals surface area contributed by atoms with Crippen molar-refractivity contribution >= 4 is 17.7 Å². The van der Waals surface area contributed by atoms with E-state index in [0.29, 0.717) is 32.4 Å². The molecular formula is C20H35NO4. The maximum atomic E-state index is 12.3. The van der Waals surface area contributed by atoms with Gasteiger partial charge in [-0.2, -0.15) is 0 Å². The summed E-state index contributed by atoms with van der Waals surface area (Å²) in [6.45, 7) is 7.05. The summed E-state index contributed by atoms with van der Waals surface area (Å²) in [5.74, 6) is -0.0583. The van der Waals surface area contributed by atoms with Gasteiger partial charge in [-0.15, -0.1) is 0 Å². The van der Waals surface area contributed by atoms with Crippen LogP contribution in [0.3, 0.4) is 0 Å². The van der Waals surface area contributed by atoms with E-state index in [0.717, 1.165) is 25.7 Å². The highest BCUT2D eigenvalue weighted by atomic mass is 16.6. The second kappa shape index (κ2) is 11.3. The van der Waals surface area contributed by atoms with E-state index in [1.165, 1.54) is 19.8 Å². The number of esters is 1. The molecule has 0 atom stereocenters. The molecule has 0 spiro atoms. The highest BCUT2D eigenvalue weighted by Gasteiger charge is 2.38. The van der Waals surface area contributed by atoms with Gasteiger partial charge in [-0.25, -0.2) is 0 Å². The van der Waals surface area contributed by atoms with E-state index >= 15 is 0 Å². The number of carbonyl (C=O) groups is 3. The van der Waals surface area contributed by atoms with Crippen molar-refractivity contribution in [3.8, 4) is 0 Å². The van der Waals surface area contributed by atoms with Crippen molar-refractivity contribution in [2.45, 2.75) is 97.0 Å². The molecule has 1 saturated heterocycles. The van der Waals surface area contributed by atoms with Gasteiger partial charge in [0.15, 0.2) is 0 Å². The van der Waals surface area contributed by atoms with Gasteiger partial charge < -0.3 is 14.4 Å². The Morgan fingerprint density at radius 3 is 2.16 bits per heavy atom. The number of unbranched alkanes of at least 4 members (excludes halogenated alkanes) is 3. The van der Waals surface area contributed by atoms with E-state index in [-0.39, 0.29) is 30.5 Å². The van der Waals surface area contributed by atoms with E-state index in [4.69, 9.17) is 4.74 Å². The third-order valence-corrected chi connectivity index (χ3v) is 4.99. The first-order valence-corrected chi connectivity index (χ1v) is 9.91. The predicted octanol–water partition coefficient (Wildman–Crippen LogP) is 4.03. The summed E-state index contributed by atoms with van der Waals surface area (Å²) in [6, 6.07) is 0. The number of likely N-dealkylation sites (tertiary alicyclic amines) is 1. The van der Waals surface area contributed by atoms with Crippen molar-refractivity contribution in [3.05, 3.63) is 0 Å². The van der Waals surface area contributed by atoms with E-state index < -0.39 is 5.60 Å². The van der Waals surface area contributed by atoms with Crippen LogP contribution in [-0.4, -0.2) is 41.3 Å². The SMILES string of the molecule is CCCCCCC(=O)N1CCC(CCC)(OC(=O)CCC(C)=O)CC1. The van der Waals surface area contributed by atoms with Crippen LogP contribution in [0.25, 0.3) is 0 Å². The smallest absolute Gasteiger partial charge is 0.306 e. The minimum absolute atomic E-state index is 0.00461. The standard InChI is InChI=1S/C20H35NO4/c1-4-6-7-8-9-18(23)21-15-13-20(12-5-2,14-16-21)25-19(24)11-10-17(3)22/h4-16H2,1-3H3. The lowest BCUT2D eigenvalue weighted by molar-refractivity contribution is -0.167. The van der Waals surface area contributed by atoms with E-state index in [2.05, 4.69) is 13.8 Å². The molecule has 0 aliphatic carbocycles. The van der Waals surface area contributed by atoms with Gasteiger partial charge >= 0.3 is 5.97 Å². The van der Waals surface area contributed by atoms with Gasteiger partial charge in [-0.1, -0.05) is 39.5 Å². The van der Waals surface area contributed by atoms with Crippen molar-refractivity contribution in [1.82, 2.24) is 4.90 Å². The summed E-state index contributed by atoms with van der Waals surface area (Å²) in [7, 11) is 0. The zero-order valence-electron chi connectivity index (χ0n) is 16.3. The average molecular weight is 354 g/mol. The van der Waals surface area contributed by atoms with Crippen LogP contribution in [0.4, 0.5) is 0 Å². The fourth-order valence-corrected chi connectivity index (χ4v) is 3.45. The van der Waals surface area contributed by atoms with Crippen LogP contribution in [0.1, 0.15) is 91.4 Å². The Labute approximate surface area is 152 Å². The molecule has 5 heteroatoms. The molecule has 1 aliphatic rings. The van der Waals surface area contributed by atoms with Crippen LogP contribution in [0.2, 0.25) is 0 Å². The van der Waals surface area contributed by atoms with Gasteiger partial charge in [-0.05, 0) is 19.8 Å². The van der Waals surface area contributed by atoms with Crippen molar-refractivity contribution in [2.75, 3.05) is 13.1 Å². The maximum absolute atomic E-state index is 12.3. The van der Waals surface area contributed by atoms with E-state index in [1.807, 2.05) is 4.90 Å². The van der Waals surface area contributed by atoms with Crippen LogP contribution in [0, 0.1) is 0 Å². The Morgan fingerprint density at radius 2 is 1.60 bits per heavy atom. The zero-order chi connectivity index (χ0) is 18.7. The number of rotatable bonds is 11. The molecule has 1 amide bonds. The predicted molar refractivity (Wildman–Crippen MR) is 98.2 cm³/mol. The first-order valence-electron chi connectivity index (χ1n) is 9.91.